The highest BCUT2D eigenvalue weighted by Gasteiger charge is 2.49. The van der Waals surface area contributed by atoms with Gasteiger partial charge in [0.05, 0.1) is 11.1 Å². The first-order chi connectivity index (χ1) is 8.05. The number of carbonyl (C=O) groups excluding carboxylic acids is 1. The van der Waals surface area contributed by atoms with Crippen molar-refractivity contribution in [2.24, 2.45) is 11.3 Å². The number of pyridine rings is 1. The van der Waals surface area contributed by atoms with Crippen molar-refractivity contribution in [1.29, 1.82) is 5.26 Å². The van der Waals surface area contributed by atoms with Crippen LogP contribution in [-0.4, -0.2) is 10.9 Å². The standard InChI is InChI=1S/C12H12ClN3O/c1-8-4-12(5-8,7-14)11(17)16-10-3-2-9(13)6-15-10/h2-3,6,8H,4-5H2,1H3,(H,15,16,17). The van der Waals surface area contributed by atoms with Crippen LogP contribution in [0.4, 0.5) is 5.82 Å². The van der Waals surface area contributed by atoms with Crippen LogP contribution in [0.5, 0.6) is 0 Å². The Bertz CT molecular complexity index is 472. The summed E-state index contributed by atoms with van der Waals surface area (Å²) in [5.41, 5.74) is -0.874. The number of hydrogen-bond donors (Lipinski definition) is 1. The minimum absolute atomic E-state index is 0.270. The van der Waals surface area contributed by atoms with Crippen LogP contribution in [0.3, 0.4) is 0 Å². The number of halogens is 1. The van der Waals surface area contributed by atoms with Crippen LogP contribution in [0.2, 0.25) is 5.02 Å². The Morgan fingerprint density at radius 3 is 2.82 bits per heavy atom. The molecule has 1 saturated carbocycles. The van der Waals surface area contributed by atoms with Crippen LogP contribution in [0, 0.1) is 22.7 Å². The first kappa shape index (κ1) is 11.9. The summed E-state index contributed by atoms with van der Waals surface area (Å²) >= 11 is 5.70. The normalized spacial score (nSPS) is 26.8. The van der Waals surface area contributed by atoms with Gasteiger partial charge < -0.3 is 5.32 Å². The Labute approximate surface area is 105 Å². The first-order valence-corrected chi connectivity index (χ1v) is 5.78. The van der Waals surface area contributed by atoms with E-state index in [0.717, 1.165) is 0 Å². The zero-order chi connectivity index (χ0) is 12.5. The molecule has 0 unspecified atom stereocenters. The highest BCUT2D eigenvalue weighted by Crippen LogP contribution is 2.45. The number of hydrogen-bond acceptors (Lipinski definition) is 3. The second kappa shape index (κ2) is 4.34. The number of rotatable bonds is 2. The Morgan fingerprint density at radius 2 is 2.35 bits per heavy atom. The number of aromatic nitrogens is 1. The molecule has 0 aromatic carbocycles. The Morgan fingerprint density at radius 1 is 1.65 bits per heavy atom. The van der Waals surface area contributed by atoms with Crippen LogP contribution >= 0.6 is 11.6 Å². The summed E-state index contributed by atoms with van der Waals surface area (Å²) in [5, 5.41) is 12.3. The summed E-state index contributed by atoms with van der Waals surface area (Å²) in [6.07, 6.45) is 2.69. The predicted molar refractivity (Wildman–Crippen MR) is 64.3 cm³/mol. The molecule has 17 heavy (non-hydrogen) atoms. The van der Waals surface area contributed by atoms with Gasteiger partial charge in [-0.1, -0.05) is 18.5 Å². The lowest BCUT2D eigenvalue weighted by molar-refractivity contribution is -0.128. The third-order valence-corrected chi connectivity index (χ3v) is 3.24. The molecule has 1 amide bonds. The van der Waals surface area contributed by atoms with Gasteiger partial charge in [-0.25, -0.2) is 4.98 Å². The molecule has 5 heteroatoms. The second-order valence-electron chi connectivity index (χ2n) is 4.52. The van der Waals surface area contributed by atoms with Gasteiger partial charge in [-0.3, -0.25) is 4.79 Å². The topological polar surface area (TPSA) is 65.8 Å². The quantitative estimate of drug-likeness (QED) is 0.876. The summed E-state index contributed by atoms with van der Waals surface area (Å²) in [5.74, 6) is 0.583. The molecule has 2 rings (SSSR count). The highest BCUT2D eigenvalue weighted by atomic mass is 35.5. The molecule has 1 heterocycles. The summed E-state index contributed by atoms with van der Waals surface area (Å²) < 4.78 is 0. The zero-order valence-electron chi connectivity index (χ0n) is 9.40. The van der Waals surface area contributed by atoms with Crippen molar-refractivity contribution in [2.45, 2.75) is 19.8 Å². The van der Waals surface area contributed by atoms with Gasteiger partial charge >= 0.3 is 0 Å². The fourth-order valence-electron chi connectivity index (χ4n) is 2.14. The van der Waals surface area contributed by atoms with Crippen LogP contribution in [0.25, 0.3) is 0 Å². The average Bonchev–Trinajstić information content (AvgIpc) is 2.27. The molecule has 1 fully saturated rings. The molecule has 1 aromatic rings. The van der Waals surface area contributed by atoms with Crippen molar-refractivity contribution in [1.82, 2.24) is 4.98 Å². The van der Waals surface area contributed by atoms with Gasteiger partial charge in [-0.15, -0.1) is 0 Å². The van der Waals surface area contributed by atoms with Crippen molar-refractivity contribution in [3.05, 3.63) is 23.4 Å². The van der Waals surface area contributed by atoms with E-state index in [4.69, 9.17) is 16.9 Å². The van der Waals surface area contributed by atoms with E-state index in [-0.39, 0.29) is 5.91 Å². The molecule has 1 aromatic heterocycles. The number of carbonyl (C=O) groups is 1. The minimum atomic E-state index is -0.874. The molecular weight excluding hydrogens is 238 g/mol. The SMILES string of the molecule is CC1CC(C#N)(C(=O)Nc2ccc(Cl)cn2)C1. The molecule has 4 nitrogen and oxygen atoms in total. The van der Waals surface area contributed by atoms with E-state index < -0.39 is 5.41 Å². The van der Waals surface area contributed by atoms with Gasteiger partial charge in [0.15, 0.2) is 0 Å². The summed E-state index contributed by atoms with van der Waals surface area (Å²) in [6, 6.07) is 5.37. The fourth-order valence-corrected chi connectivity index (χ4v) is 2.25. The molecule has 88 valence electrons. The van der Waals surface area contributed by atoms with Crippen molar-refractivity contribution < 1.29 is 4.79 Å². The first-order valence-electron chi connectivity index (χ1n) is 5.40. The van der Waals surface area contributed by atoms with Gasteiger partial charge in [0.2, 0.25) is 5.91 Å². The number of nitrogens with one attached hydrogen (secondary N) is 1. The van der Waals surface area contributed by atoms with E-state index in [0.29, 0.717) is 29.6 Å². The third kappa shape index (κ3) is 2.25. The average molecular weight is 250 g/mol. The predicted octanol–water partition coefficient (Wildman–Crippen LogP) is 2.61. The largest absolute Gasteiger partial charge is 0.309 e. The number of anilines is 1. The zero-order valence-corrected chi connectivity index (χ0v) is 10.2. The maximum absolute atomic E-state index is 12.0. The molecule has 1 aliphatic rings. The Hall–Kier alpha value is -1.60. The number of amides is 1. The van der Waals surface area contributed by atoms with Gasteiger partial charge in [0, 0.05) is 6.20 Å². The van der Waals surface area contributed by atoms with Gasteiger partial charge in [0.25, 0.3) is 0 Å². The smallest absolute Gasteiger partial charge is 0.246 e. The lowest BCUT2D eigenvalue weighted by atomic mass is 9.63. The Balaban J connectivity index is 2.07. The lowest BCUT2D eigenvalue weighted by Crippen LogP contribution is -2.45. The maximum Gasteiger partial charge on any atom is 0.246 e. The van der Waals surface area contributed by atoms with Crippen molar-refractivity contribution in [2.75, 3.05) is 5.32 Å². The van der Waals surface area contributed by atoms with E-state index in [1.54, 1.807) is 12.1 Å². The van der Waals surface area contributed by atoms with E-state index in [1.165, 1.54) is 6.20 Å². The molecule has 0 bridgehead atoms. The monoisotopic (exact) mass is 249 g/mol. The number of nitriles is 1. The molecule has 0 spiro atoms. The summed E-state index contributed by atoms with van der Waals surface area (Å²) in [7, 11) is 0. The van der Waals surface area contributed by atoms with Crippen LogP contribution in [0.1, 0.15) is 19.8 Å². The van der Waals surface area contributed by atoms with E-state index in [2.05, 4.69) is 16.4 Å². The van der Waals surface area contributed by atoms with E-state index in [1.807, 2.05) is 6.92 Å². The molecule has 0 saturated heterocycles. The van der Waals surface area contributed by atoms with E-state index >= 15 is 0 Å². The third-order valence-electron chi connectivity index (χ3n) is 3.01. The summed E-state index contributed by atoms with van der Waals surface area (Å²) in [6.45, 7) is 2.03. The molecule has 1 aliphatic carbocycles. The molecule has 0 radical (unpaired) electrons. The van der Waals surface area contributed by atoms with Crippen LogP contribution in [0.15, 0.2) is 18.3 Å². The molecule has 0 atom stereocenters. The Kier molecular flexibility index (Phi) is 3.03. The van der Waals surface area contributed by atoms with Crippen molar-refractivity contribution in [3.63, 3.8) is 0 Å². The lowest BCUT2D eigenvalue weighted by Gasteiger charge is -2.38. The van der Waals surface area contributed by atoms with Crippen LogP contribution < -0.4 is 5.32 Å². The van der Waals surface area contributed by atoms with Crippen molar-refractivity contribution in [3.8, 4) is 6.07 Å². The summed E-state index contributed by atoms with van der Waals surface area (Å²) in [4.78, 5) is 15.9. The maximum atomic E-state index is 12.0. The molecule has 1 N–H and O–H groups in total. The van der Waals surface area contributed by atoms with Gasteiger partial charge in [0.1, 0.15) is 11.2 Å². The van der Waals surface area contributed by atoms with Gasteiger partial charge in [-0.2, -0.15) is 5.26 Å². The fraction of sp³-hybridized carbons (Fsp3) is 0.417. The van der Waals surface area contributed by atoms with Crippen LogP contribution in [-0.2, 0) is 4.79 Å². The molecule has 0 aliphatic heterocycles. The highest BCUT2D eigenvalue weighted by molar-refractivity contribution is 6.30. The molecular formula is C12H12ClN3O. The van der Waals surface area contributed by atoms with Crippen molar-refractivity contribution >= 4 is 23.3 Å². The second-order valence-corrected chi connectivity index (χ2v) is 4.96. The van der Waals surface area contributed by atoms with E-state index in [9.17, 15) is 4.79 Å². The van der Waals surface area contributed by atoms with Gasteiger partial charge in [-0.05, 0) is 30.9 Å². The minimum Gasteiger partial charge on any atom is -0.309 e. The number of nitrogens with zero attached hydrogens (tertiary/aromatic N) is 2.